The third-order valence-corrected chi connectivity index (χ3v) is 5.49. The van der Waals surface area contributed by atoms with Gasteiger partial charge in [0.05, 0.1) is 7.11 Å². The molecular formula is C18H29N3O3. The molecule has 0 unspecified atom stereocenters. The second-order valence-corrected chi connectivity index (χ2v) is 7.11. The number of piperidine rings is 2. The molecule has 2 aliphatic rings. The zero-order valence-electron chi connectivity index (χ0n) is 14.9. The molecule has 0 N–H and O–H groups in total. The van der Waals surface area contributed by atoms with Gasteiger partial charge in [0.2, 0.25) is 5.91 Å². The van der Waals surface area contributed by atoms with Crippen LogP contribution in [-0.4, -0.2) is 60.7 Å². The van der Waals surface area contributed by atoms with Gasteiger partial charge < -0.3 is 19.1 Å². The van der Waals surface area contributed by atoms with E-state index in [0.717, 1.165) is 6.54 Å². The highest BCUT2D eigenvalue weighted by Gasteiger charge is 2.33. The Morgan fingerprint density at radius 2 is 2.21 bits per heavy atom. The number of carbonyl (C=O) groups excluding carboxylic acids is 1. The summed E-state index contributed by atoms with van der Waals surface area (Å²) in [4.78, 5) is 17.0. The molecule has 0 saturated carbocycles. The third-order valence-electron chi connectivity index (χ3n) is 5.49. The van der Waals surface area contributed by atoms with Crippen LogP contribution in [0, 0.1) is 5.92 Å². The van der Waals surface area contributed by atoms with Crippen molar-refractivity contribution in [3.05, 3.63) is 11.8 Å². The van der Waals surface area contributed by atoms with E-state index in [9.17, 15) is 4.79 Å². The summed E-state index contributed by atoms with van der Waals surface area (Å²) in [5.74, 6) is 1.96. The molecule has 2 atom stereocenters. The highest BCUT2D eigenvalue weighted by atomic mass is 16.5. The van der Waals surface area contributed by atoms with Crippen LogP contribution in [0.15, 0.2) is 10.6 Å². The topological polar surface area (TPSA) is 58.8 Å². The van der Waals surface area contributed by atoms with Crippen LogP contribution < -0.4 is 4.74 Å². The summed E-state index contributed by atoms with van der Waals surface area (Å²) in [5.41, 5.74) is 0. The van der Waals surface area contributed by atoms with Crippen LogP contribution in [-0.2, 0) is 11.2 Å². The fourth-order valence-electron chi connectivity index (χ4n) is 4.17. The summed E-state index contributed by atoms with van der Waals surface area (Å²) < 4.78 is 10.1. The summed E-state index contributed by atoms with van der Waals surface area (Å²) in [6.45, 7) is 3.36. The number of nitrogens with zero attached hydrogens (tertiary/aromatic N) is 3. The normalized spacial score (nSPS) is 24.4. The van der Waals surface area contributed by atoms with Gasteiger partial charge in [-0.1, -0.05) is 6.42 Å². The van der Waals surface area contributed by atoms with Crippen LogP contribution in [0.2, 0.25) is 0 Å². The van der Waals surface area contributed by atoms with Crippen molar-refractivity contribution < 1.29 is 14.1 Å². The molecule has 1 amide bonds. The van der Waals surface area contributed by atoms with Gasteiger partial charge in [0, 0.05) is 38.5 Å². The molecule has 3 rings (SSSR count). The van der Waals surface area contributed by atoms with E-state index < -0.39 is 0 Å². The number of methoxy groups -OCH3 is 1. The fourth-order valence-corrected chi connectivity index (χ4v) is 4.17. The summed E-state index contributed by atoms with van der Waals surface area (Å²) >= 11 is 0. The van der Waals surface area contributed by atoms with E-state index in [4.69, 9.17) is 9.26 Å². The molecule has 1 aromatic rings. The second kappa shape index (κ2) is 8.01. The van der Waals surface area contributed by atoms with Gasteiger partial charge in [0.1, 0.15) is 5.76 Å². The van der Waals surface area contributed by atoms with E-state index in [0.29, 0.717) is 36.4 Å². The van der Waals surface area contributed by atoms with Gasteiger partial charge in [-0.2, -0.15) is 0 Å². The predicted octanol–water partition coefficient (Wildman–Crippen LogP) is 2.34. The third kappa shape index (κ3) is 4.09. The van der Waals surface area contributed by atoms with Gasteiger partial charge >= 0.3 is 0 Å². The first-order valence-electron chi connectivity index (χ1n) is 9.15. The quantitative estimate of drug-likeness (QED) is 0.798. The lowest BCUT2D eigenvalue weighted by atomic mass is 9.83. The van der Waals surface area contributed by atoms with Crippen LogP contribution in [0.25, 0.3) is 0 Å². The smallest absolute Gasteiger partial charge is 0.254 e. The number of ether oxygens (including phenoxy) is 1. The molecule has 3 heterocycles. The van der Waals surface area contributed by atoms with E-state index in [1.165, 1.54) is 45.2 Å². The molecule has 6 nitrogen and oxygen atoms in total. The van der Waals surface area contributed by atoms with Crippen LogP contribution in [0.1, 0.15) is 44.3 Å². The molecule has 24 heavy (non-hydrogen) atoms. The Morgan fingerprint density at radius 3 is 3.00 bits per heavy atom. The maximum Gasteiger partial charge on any atom is 0.254 e. The van der Waals surface area contributed by atoms with Gasteiger partial charge in [0.15, 0.2) is 0 Å². The van der Waals surface area contributed by atoms with E-state index in [2.05, 4.69) is 10.1 Å². The number of carbonyl (C=O) groups is 1. The Morgan fingerprint density at radius 1 is 1.38 bits per heavy atom. The van der Waals surface area contributed by atoms with Crippen LogP contribution in [0.3, 0.4) is 0 Å². The van der Waals surface area contributed by atoms with E-state index >= 15 is 0 Å². The summed E-state index contributed by atoms with van der Waals surface area (Å²) in [6.07, 6.45) is 7.50. The predicted molar refractivity (Wildman–Crippen MR) is 90.9 cm³/mol. The molecule has 6 heteroatoms. The molecular weight excluding hydrogens is 306 g/mol. The Hall–Kier alpha value is -1.56. The van der Waals surface area contributed by atoms with E-state index in [1.807, 2.05) is 11.9 Å². The van der Waals surface area contributed by atoms with Gasteiger partial charge in [-0.3, -0.25) is 4.79 Å². The molecule has 0 spiro atoms. The van der Waals surface area contributed by atoms with Crippen molar-refractivity contribution in [1.82, 2.24) is 15.0 Å². The van der Waals surface area contributed by atoms with Crippen molar-refractivity contribution in [2.75, 3.05) is 33.8 Å². The maximum atomic E-state index is 12.4. The summed E-state index contributed by atoms with van der Waals surface area (Å²) in [7, 11) is 3.49. The number of rotatable bonds is 6. The minimum Gasteiger partial charge on any atom is -0.479 e. The largest absolute Gasteiger partial charge is 0.479 e. The number of amides is 1. The first-order chi connectivity index (χ1) is 11.7. The van der Waals surface area contributed by atoms with Gasteiger partial charge in [-0.15, -0.1) is 0 Å². The number of fused-ring (bicyclic) bond motifs is 1. The minimum atomic E-state index is 0.179. The monoisotopic (exact) mass is 335 g/mol. The van der Waals surface area contributed by atoms with Crippen molar-refractivity contribution in [1.29, 1.82) is 0 Å². The Bertz CT molecular complexity index is 543. The highest BCUT2D eigenvalue weighted by Crippen LogP contribution is 2.31. The molecule has 1 aromatic heterocycles. The fraction of sp³-hybridized carbons (Fsp3) is 0.778. The lowest BCUT2D eigenvalue weighted by molar-refractivity contribution is -0.131. The van der Waals surface area contributed by atoms with E-state index in [1.54, 1.807) is 13.2 Å². The lowest BCUT2D eigenvalue weighted by Gasteiger charge is -2.45. The first kappa shape index (κ1) is 17.3. The molecule has 2 saturated heterocycles. The average Bonchev–Trinajstić information content (AvgIpc) is 3.08. The first-order valence-corrected chi connectivity index (χ1v) is 9.15. The van der Waals surface area contributed by atoms with Gasteiger partial charge in [0.25, 0.3) is 5.88 Å². The maximum absolute atomic E-state index is 12.4. The zero-order chi connectivity index (χ0) is 16.9. The van der Waals surface area contributed by atoms with Crippen molar-refractivity contribution in [2.24, 2.45) is 5.92 Å². The molecule has 0 bridgehead atoms. The van der Waals surface area contributed by atoms with Crippen LogP contribution in [0.4, 0.5) is 0 Å². The Balaban J connectivity index is 1.48. The van der Waals surface area contributed by atoms with Crippen LogP contribution >= 0.6 is 0 Å². The number of hydrogen-bond donors (Lipinski definition) is 0. The summed E-state index contributed by atoms with van der Waals surface area (Å²) in [6, 6.07) is 2.43. The molecule has 2 aliphatic heterocycles. The summed E-state index contributed by atoms with van der Waals surface area (Å²) in [5, 5.41) is 3.77. The van der Waals surface area contributed by atoms with Crippen LogP contribution in [0.5, 0.6) is 5.88 Å². The SMILES string of the molecule is COc1cc(CCC(=O)N(C)C[C@H]2CCCN3CCCC[C@H]23)on1. The highest BCUT2D eigenvalue weighted by molar-refractivity contribution is 5.76. The standard InChI is InChI=1S/C18H29N3O3/c1-20(18(22)9-8-15-12-17(23-2)19-24-15)13-14-6-5-11-21-10-4-3-7-16(14)21/h12,14,16H,3-11,13H2,1-2H3/t14-,16-/m1/s1. The second-order valence-electron chi connectivity index (χ2n) is 7.11. The molecule has 2 fully saturated rings. The van der Waals surface area contributed by atoms with E-state index in [-0.39, 0.29) is 5.91 Å². The average molecular weight is 335 g/mol. The van der Waals surface area contributed by atoms with Gasteiger partial charge in [-0.25, -0.2) is 0 Å². The Kier molecular flexibility index (Phi) is 5.76. The Labute approximate surface area is 144 Å². The van der Waals surface area contributed by atoms with Gasteiger partial charge in [-0.05, 0) is 49.8 Å². The number of aryl methyl sites for hydroxylation is 1. The van der Waals surface area contributed by atoms with Crippen molar-refractivity contribution in [3.8, 4) is 5.88 Å². The molecule has 0 radical (unpaired) electrons. The molecule has 134 valence electrons. The van der Waals surface area contributed by atoms with Crippen molar-refractivity contribution in [3.63, 3.8) is 0 Å². The molecule has 0 aliphatic carbocycles. The van der Waals surface area contributed by atoms with Crippen molar-refractivity contribution >= 4 is 5.91 Å². The number of hydrogen-bond acceptors (Lipinski definition) is 5. The lowest BCUT2D eigenvalue weighted by Crippen LogP contribution is -2.51. The zero-order valence-corrected chi connectivity index (χ0v) is 14.9. The number of aromatic nitrogens is 1. The van der Waals surface area contributed by atoms with Crippen molar-refractivity contribution in [2.45, 2.75) is 51.0 Å². The minimum absolute atomic E-state index is 0.179. The molecule has 0 aromatic carbocycles.